The maximum absolute atomic E-state index is 12.4. The monoisotopic (exact) mass is 438 g/mol. The van der Waals surface area contributed by atoms with Crippen molar-refractivity contribution < 1.29 is 18.8 Å². The third-order valence-corrected chi connectivity index (χ3v) is 5.01. The summed E-state index contributed by atoms with van der Waals surface area (Å²) in [7, 11) is 0. The molecule has 4 rings (SSSR count). The first-order valence-electron chi connectivity index (χ1n) is 10.7. The number of aromatic nitrogens is 4. The molecule has 0 radical (unpaired) electrons. The average molecular weight is 438 g/mol. The molecule has 3 heterocycles. The van der Waals surface area contributed by atoms with Gasteiger partial charge in [0.2, 0.25) is 5.82 Å². The van der Waals surface area contributed by atoms with Crippen LogP contribution < -0.4 is 10.1 Å². The molecule has 32 heavy (non-hydrogen) atoms. The number of benzene rings is 1. The third-order valence-electron chi connectivity index (χ3n) is 5.01. The molecule has 1 aliphatic heterocycles. The highest BCUT2D eigenvalue weighted by Crippen LogP contribution is 2.31. The predicted octanol–water partition coefficient (Wildman–Crippen LogP) is 2.78. The van der Waals surface area contributed by atoms with Gasteiger partial charge in [-0.3, -0.25) is 4.98 Å². The average Bonchev–Trinajstić information content (AvgIpc) is 3.50. The first kappa shape index (κ1) is 21.7. The molecule has 10 heteroatoms. The Hall–Kier alpha value is -3.53. The quantitative estimate of drug-likeness (QED) is 0.507. The fraction of sp³-hybridized carbons (Fsp3) is 0.409. The summed E-state index contributed by atoms with van der Waals surface area (Å²) < 4.78 is 17.0. The van der Waals surface area contributed by atoms with Gasteiger partial charge < -0.3 is 24.2 Å². The van der Waals surface area contributed by atoms with Crippen LogP contribution in [-0.2, 0) is 4.74 Å². The first-order chi connectivity index (χ1) is 15.7. The second-order valence-corrected chi connectivity index (χ2v) is 7.27. The highest BCUT2D eigenvalue weighted by atomic mass is 16.5. The molecule has 1 aliphatic rings. The van der Waals surface area contributed by atoms with Crippen molar-refractivity contribution in [2.24, 2.45) is 0 Å². The van der Waals surface area contributed by atoms with Crippen molar-refractivity contribution in [1.29, 1.82) is 0 Å². The van der Waals surface area contributed by atoms with E-state index < -0.39 is 0 Å². The van der Waals surface area contributed by atoms with Crippen molar-refractivity contribution in [2.45, 2.75) is 25.9 Å². The number of likely N-dealkylation sites (tertiary alicyclic amines) is 1. The van der Waals surface area contributed by atoms with Crippen LogP contribution >= 0.6 is 0 Å². The zero-order valence-corrected chi connectivity index (χ0v) is 17.9. The Morgan fingerprint density at radius 3 is 3.06 bits per heavy atom. The van der Waals surface area contributed by atoms with Gasteiger partial charge >= 0.3 is 6.03 Å². The molecule has 1 saturated heterocycles. The van der Waals surface area contributed by atoms with Crippen molar-refractivity contribution in [1.82, 2.24) is 30.3 Å². The normalized spacial score (nSPS) is 15.7. The molecule has 1 N–H and O–H groups in total. The molecule has 1 fully saturated rings. The van der Waals surface area contributed by atoms with Crippen molar-refractivity contribution in [3.05, 3.63) is 42.9 Å². The minimum atomic E-state index is -0.118. The van der Waals surface area contributed by atoms with Gasteiger partial charge in [-0.05, 0) is 25.5 Å². The Kier molecular flexibility index (Phi) is 7.23. The number of nitrogens with zero attached hydrogens (tertiary/aromatic N) is 5. The molecule has 10 nitrogen and oxygen atoms in total. The van der Waals surface area contributed by atoms with Gasteiger partial charge in [0.25, 0.3) is 5.89 Å². The van der Waals surface area contributed by atoms with Crippen LogP contribution in [0.3, 0.4) is 0 Å². The summed E-state index contributed by atoms with van der Waals surface area (Å²) in [6, 6.07) is 7.41. The maximum Gasteiger partial charge on any atom is 0.317 e. The lowest BCUT2D eigenvalue weighted by atomic mass is 10.2. The lowest BCUT2D eigenvalue weighted by molar-refractivity contribution is 0.144. The van der Waals surface area contributed by atoms with Gasteiger partial charge in [0.1, 0.15) is 17.5 Å². The molecule has 0 aliphatic carbocycles. The Morgan fingerprint density at radius 1 is 1.31 bits per heavy atom. The van der Waals surface area contributed by atoms with Gasteiger partial charge in [0, 0.05) is 45.1 Å². The Morgan fingerprint density at radius 2 is 2.22 bits per heavy atom. The predicted molar refractivity (Wildman–Crippen MR) is 116 cm³/mol. The number of urea groups is 1. The molecule has 3 aromatic rings. The summed E-state index contributed by atoms with van der Waals surface area (Å²) in [5, 5.41) is 6.93. The van der Waals surface area contributed by atoms with E-state index in [1.54, 1.807) is 23.5 Å². The lowest BCUT2D eigenvalue weighted by Crippen LogP contribution is -2.40. The molecule has 2 aromatic heterocycles. The summed E-state index contributed by atoms with van der Waals surface area (Å²) in [5.74, 6) is 1.32. The van der Waals surface area contributed by atoms with E-state index in [0.717, 1.165) is 12.8 Å². The topological polar surface area (TPSA) is 116 Å². The minimum absolute atomic E-state index is 0.0774. The minimum Gasteiger partial charge on any atom is -0.488 e. The number of nitrogens with one attached hydrogen (secondary N) is 1. The lowest BCUT2D eigenvalue weighted by Gasteiger charge is -2.18. The molecule has 168 valence electrons. The molecule has 0 saturated carbocycles. The highest BCUT2D eigenvalue weighted by Gasteiger charge is 2.28. The largest absolute Gasteiger partial charge is 0.488 e. The van der Waals surface area contributed by atoms with E-state index in [2.05, 4.69) is 25.4 Å². The van der Waals surface area contributed by atoms with Crippen molar-refractivity contribution in [3.63, 3.8) is 0 Å². The standard InChI is InChI=1S/C22H26N6O4/c1-2-30-13-5-9-25-22(29)28-12-8-16(15-28)31-19-7-4-3-6-17(19)21-26-20(27-32-21)18-14-23-10-11-24-18/h3-4,6-7,10-11,14,16H,2,5,8-9,12-13,15H2,1H3,(H,25,29). The van der Waals surface area contributed by atoms with Crippen LogP contribution in [0.5, 0.6) is 5.75 Å². The number of carbonyl (C=O) groups excluding carboxylic acids is 1. The van der Waals surface area contributed by atoms with Crippen molar-refractivity contribution >= 4 is 6.03 Å². The van der Waals surface area contributed by atoms with Gasteiger partial charge in [-0.1, -0.05) is 17.3 Å². The van der Waals surface area contributed by atoms with Crippen LogP contribution in [-0.4, -0.2) is 70.0 Å². The summed E-state index contributed by atoms with van der Waals surface area (Å²) in [5.41, 5.74) is 1.22. The SMILES string of the molecule is CCOCCCNC(=O)N1CCC(Oc2ccccc2-c2nc(-c3cnccn3)no2)C1. The van der Waals surface area contributed by atoms with E-state index in [-0.39, 0.29) is 12.1 Å². The molecule has 2 amide bonds. The number of hydrogen-bond acceptors (Lipinski definition) is 8. The number of ether oxygens (including phenoxy) is 2. The van der Waals surface area contributed by atoms with Gasteiger partial charge in [-0.2, -0.15) is 4.98 Å². The maximum atomic E-state index is 12.4. The Labute approximate surface area is 186 Å². The molecule has 1 unspecified atom stereocenters. The molecular formula is C22H26N6O4. The summed E-state index contributed by atoms with van der Waals surface area (Å²) >= 11 is 0. The number of carbonyl (C=O) groups is 1. The van der Waals surface area contributed by atoms with E-state index in [0.29, 0.717) is 61.6 Å². The van der Waals surface area contributed by atoms with Crippen molar-refractivity contribution in [3.8, 4) is 28.7 Å². The van der Waals surface area contributed by atoms with Crippen LogP contribution in [0, 0.1) is 0 Å². The van der Waals surface area contributed by atoms with E-state index in [9.17, 15) is 4.79 Å². The zero-order valence-electron chi connectivity index (χ0n) is 17.9. The smallest absolute Gasteiger partial charge is 0.317 e. The number of rotatable bonds is 9. The van der Waals surface area contributed by atoms with E-state index in [4.69, 9.17) is 14.0 Å². The molecular weight excluding hydrogens is 412 g/mol. The van der Waals surface area contributed by atoms with Gasteiger partial charge in [0.15, 0.2) is 0 Å². The Bertz CT molecular complexity index is 1010. The third kappa shape index (κ3) is 5.38. The fourth-order valence-electron chi connectivity index (χ4n) is 3.41. The van der Waals surface area contributed by atoms with E-state index in [1.807, 2.05) is 31.2 Å². The van der Waals surface area contributed by atoms with Crippen LogP contribution in [0.15, 0.2) is 47.4 Å². The summed E-state index contributed by atoms with van der Waals surface area (Å²) in [6.45, 7) is 5.03. The van der Waals surface area contributed by atoms with Crippen molar-refractivity contribution in [2.75, 3.05) is 32.8 Å². The zero-order chi connectivity index (χ0) is 22.2. The fourth-order valence-corrected chi connectivity index (χ4v) is 3.41. The molecule has 0 spiro atoms. The summed E-state index contributed by atoms with van der Waals surface area (Å²) in [6.07, 6.45) is 6.15. The Balaban J connectivity index is 1.36. The number of amides is 2. The molecule has 0 bridgehead atoms. The highest BCUT2D eigenvalue weighted by molar-refractivity contribution is 5.74. The molecule has 1 aromatic carbocycles. The van der Waals surface area contributed by atoms with E-state index >= 15 is 0 Å². The van der Waals surface area contributed by atoms with Gasteiger partial charge in [-0.25, -0.2) is 9.78 Å². The second kappa shape index (κ2) is 10.7. The van der Waals surface area contributed by atoms with Crippen LogP contribution in [0.4, 0.5) is 4.79 Å². The van der Waals surface area contributed by atoms with Crippen LogP contribution in [0.2, 0.25) is 0 Å². The number of para-hydroxylation sites is 1. The van der Waals surface area contributed by atoms with Crippen LogP contribution in [0.1, 0.15) is 19.8 Å². The van der Waals surface area contributed by atoms with Crippen LogP contribution in [0.25, 0.3) is 23.0 Å². The van der Waals surface area contributed by atoms with Gasteiger partial charge in [-0.15, -0.1) is 0 Å². The first-order valence-corrected chi connectivity index (χ1v) is 10.7. The summed E-state index contributed by atoms with van der Waals surface area (Å²) in [4.78, 5) is 26.8. The second-order valence-electron chi connectivity index (χ2n) is 7.27. The van der Waals surface area contributed by atoms with Gasteiger partial charge in [0.05, 0.1) is 18.3 Å². The molecule has 1 atom stereocenters. The van der Waals surface area contributed by atoms with E-state index in [1.165, 1.54) is 0 Å². The number of hydrogen-bond donors (Lipinski definition) is 1.